The number of rotatable bonds is 7. The largest absolute Gasteiger partial charge is 0.492 e. The standard InChI is InChI=1S/C22H23N3O3/c26-22(17-8-9-20-21(15-17)24-11-10-23-20)25(16-19-7-4-13-27-19)12-14-28-18-5-2-1-3-6-18/h1-3,5-6,8-11,15,19H,4,7,12-14,16H2/t19-/m1/s1. The molecular formula is C22H23N3O3. The number of carbonyl (C=O) groups is 1. The van der Waals surface area contributed by atoms with E-state index in [9.17, 15) is 4.79 Å². The van der Waals surface area contributed by atoms with E-state index in [4.69, 9.17) is 9.47 Å². The van der Waals surface area contributed by atoms with Gasteiger partial charge in [-0.3, -0.25) is 14.8 Å². The summed E-state index contributed by atoms with van der Waals surface area (Å²) < 4.78 is 11.5. The molecule has 2 heterocycles. The van der Waals surface area contributed by atoms with Crippen LogP contribution in [0.3, 0.4) is 0 Å². The number of hydrogen-bond donors (Lipinski definition) is 0. The fraction of sp³-hybridized carbons (Fsp3) is 0.318. The zero-order valence-electron chi connectivity index (χ0n) is 15.7. The molecule has 0 aliphatic carbocycles. The van der Waals surface area contributed by atoms with Crippen LogP contribution in [0.5, 0.6) is 5.75 Å². The van der Waals surface area contributed by atoms with Gasteiger partial charge in [0.05, 0.1) is 23.7 Å². The average molecular weight is 377 g/mol. The van der Waals surface area contributed by atoms with E-state index >= 15 is 0 Å². The minimum absolute atomic E-state index is 0.0419. The van der Waals surface area contributed by atoms with Gasteiger partial charge in [-0.1, -0.05) is 18.2 Å². The van der Waals surface area contributed by atoms with Crippen molar-refractivity contribution in [3.05, 3.63) is 66.5 Å². The Balaban J connectivity index is 1.48. The van der Waals surface area contributed by atoms with E-state index in [0.717, 1.165) is 30.7 Å². The molecule has 28 heavy (non-hydrogen) atoms. The number of benzene rings is 2. The molecule has 144 valence electrons. The molecule has 1 atom stereocenters. The van der Waals surface area contributed by atoms with E-state index in [0.29, 0.717) is 30.8 Å². The first kappa shape index (κ1) is 18.4. The summed E-state index contributed by atoms with van der Waals surface area (Å²) in [5, 5.41) is 0. The summed E-state index contributed by atoms with van der Waals surface area (Å²) >= 11 is 0. The molecule has 0 radical (unpaired) electrons. The predicted octanol–water partition coefficient (Wildman–Crippen LogP) is 3.33. The number of ether oxygens (including phenoxy) is 2. The quantitative estimate of drug-likeness (QED) is 0.632. The molecule has 3 aromatic rings. The molecule has 6 nitrogen and oxygen atoms in total. The Bertz CT molecular complexity index is 926. The van der Waals surface area contributed by atoms with Gasteiger partial charge in [0, 0.05) is 31.1 Å². The molecule has 1 aliphatic rings. The Morgan fingerprint density at radius 2 is 1.93 bits per heavy atom. The lowest BCUT2D eigenvalue weighted by Crippen LogP contribution is -2.40. The topological polar surface area (TPSA) is 64.6 Å². The molecule has 0 spiro atoms. The van der Waals surface area contributed by atoms with Crippen LogP contribution in [0, 0.1) is 0 Å². The van der Waals surface area contributed by atoms with Crippen molar-refractivity contribution < 1.29 is 14.3 Å². The Morgan fingerprint density at radius 1 is 1.11 bits per heavy atom. The van der Waals surface area contributed by atoms with Crippen LogP contribution in [0.2, 0.25) is 0 Å². The zero-order valence-corrected chi connectivity index (χ0v) is 15.7. The molecule has 0 saturated carbocycles. The first-order valence-electron chi connectivity index (χ1n) is 9.59. The summed E-state index contributed by atoms with van der Waals surface area (Å²) in [5.41, 5.74) is 2.09. The van der Waals surface area contributed by atoms with Gasteiger partial charge in [0.15, 0.2) is 0 Å². The summed E-state index contributed by atoms with van der Waals surface area (Å²) in [6, 6.07) is 15.1. The van der Waals surface area contributed by atoms with E-state index in [-0.39, 0.29) is 12.0 Å². The summed E-state index contributed by atoms with van der Waals surface area (Å²) in [4.78, 5) is 23.6. The Morgan fingerprint density at radius 3 is 2.71 bits per heavy atom. The predicted molar refractivity (Wildman–Crippen MR) is 106 cm³/mol. The number of para-hydroxylation sites is 1. The lowest BCUT2D eigenvalue weighted by Gasteiger charge is -2.25. The highest BCUT2D eigenvalue weighted by atomic mass is 16.5. The third kappa shape index (κ3) is 4.46. The van der Waals surface area contributed by atoms with Crippen LogP contribution < -0.4 is 4.74 Å². The van der Waals surface area contributed by atoms with Crippen molar-refractivity contribution in [2.75, 3.05) is 26.3 Å². The normalized spacial score (nSPS) is 16.2. The third-order valence-corrected chi connectivity index (χ3v) is 4.82. The van der Waals surface area contributed by atoms with Crippen molar-refractivity contribution in [1.29, 1.82) is 0 Å². The van der Waals surface area contributed by atoms with Gasteiger partial charge in [-0.2, -0.15) is 0 Å². The van der Waals surface area contributed by atoms with Gasteiger partial charge in [0.2, 0.25) is 0 Å². The van der Waals surface area contributed by atoms with Crippen molar-refractivity contribution in [3.63, 3.8) is 0 Å². The molecule has 1 aliphatic heterocycles. The van der Waals surface area contributed by atoms with Crippen molar-refractivity contribution in [1.82, 2.24) is 14.9 Å². The minimum Gasteiger partial charge on any atom is -0.492 e. The van der Waals surface area contributed by atoms with Gasteiger partial charge >= 0.3 is 0 Å². The van der Waals surface area contributed by atoms with E-state index < -0.39 is 0 Å². The maximum Gasteiger partial charge on any atom is 0.254 e. The SMILES string of the molecule is O=C(c1ccc2nccnc2c1)N(CCOc1ccccc1)C[C@H]1CCCO1. The van der Waals surface area contributed by atoms with Gasteiger partial charge in [0.1, 0.15) is 12.4 Å². The van der Waals surface area contributed by atoms with Crippen molar-refractivity contribution in [2.24, 2.45) is 0 Å². The molecule has 4 rings (SSSR count). The molecule has 1 saturated heterocycles. The molecule has 1 fully saturated rings. The second kappa shape index (κ2) is 8.80. The summed E-state index contributed by atoms with van der Waals surface area (Å²) in [6.45, 7) is 2.25. The number of hydrogen-bond acceptors (Lipinski definition) is 5. The second-order valence-electron chi connectivity index (χ2n) is 6.81. The maximum atomic E-state index is 13.2. The summed E-state index contributed by atoms with van der Waals surface area (Å²) in [6.07, 6.45) is 5.38. The van der Waals surface area contributed by atoms with Crippen LogP contribution >= 0.6 is 0 Å². The maximum absolute atomic E-state index is 13.2. The van der Waals surface area contributed by atoms with Crippen LogP contribution in [0.4, 0.5) is 0 Å². The Hall–Kier alpha value is -2.99. The van der Waals surface area contributed by atoms with Crippen LogP contribution in [0.1, 0.15) is 23.2 Å². The van der Waals surface area contributed by atoms with E-state index in [1.54, 1.807) is 24.5 Å². The van der Waals surface area contributed by atoms with Crippen molar-refractivity contribution >= 4 is 16.9 Å². The van der Waals surface area contributed by atoms with Gasteiger partial charge in [-0.25, -0.2) is 0 Å². The van der Waals surface area contributed by atoms with E-state index in [1.165, 1.54) is 0 Å². The van der Waals surface area contributed by atoms with Crippen molar-refractivity contribution in [3.8, 4) is 5.75 Å². The van der Waals surface area contributed by atoms with E-state index in [2.05, 4.69) is 9.97 Å². The highest BCUT2D eigenvalue weighted by molar-refractivity contribution is 5.97. The lowest BCUT2D eigenvalue weighted by molar-refractivity contribution is 0.0494. The average Bonchev–Trinajstić information content (AvgIpc) is 3.26. The van der Waals surface area contributed by atoms with Gasteiger partial charge in [-0.15, -0.1) is 0 Å². The first-order chi connectivity index (χ1) is 13.8. The molecule has 1 aromatic heterocycles. The number of aromatic nitrogens is 2. The van der Waals surface area contributed by atoms with Crippen LogP contribution in [0.15, 0.2) is 60.9 Å². The molecule has 0 N–H and O–H groups in total. The number of nitrogens with zero attached hydrogens (tertiary/aromatic N) is 3. The highest BCUT2D eigenvalue weighted by Gasteiger charge is 2.23. The number of carbonyl (C=O) groups excluding carboxylic acids is 1. The Labute approximate surface area is 164 Å². The molecule has 0 bridgehead atoms. The first-order valence-corrected chi connectivity index (χ1v) is 9.59. The number of amides is 1. The zero-order chi connectivity index (χ0) is 19.2. The summed E-state index contributed by atoms with van der Waals surface area (Å²) in [5.74, 6) is 0.757. The monoisotopic (exact) mass is 377 g/mol. The van der Waals surface area contributed by atoms with Gasteiger partial charge < -0.3 is 14.4 Å². The third-order valence-electron chi connectivity index (χ3n) is 4.82. The van der Waals surface area contributed by atoms with Crippen molar-refractivity contribution in [2.45, 2.75) is 18.9 Å². The van der Waals surface area contributed by atoms with E-state index in [1.807, 2.05) is 41.3 Å². The number of fused-ring (bicyclic) bond motifs is 1. The Kier molecular flexibility index (Phi) is 5.77. The molecular weight excluding hydrogens is 354 g/mol. The summed E-state index contributed by atoms with van der Waals surface area (Å²) in [7, 11) is 0. The lowest BCUT2D eigenvalue weighted by atomic mass is 10.1. The fourth-order valence-corrected chi connectivity index (χ4v) is 3.38. The fourth-order valence-electron chi connectivity index (χ4n) is 3.38. The van der Waals surface area contributed by atoms with Crippen LogP contribution in [-0.2, 0) is 4.74 Å². The molecule has 6 heteroatoms. The second-order valence-corrected chi connectivity index (χ2v) is 6.81. The van der Waals surface area contributed by atoms with Gasteiger partial charge in [0.25, 0.3) is 5.91 Å². The smallest absolute Gasteiger partial charge is 0.254 e. The molecule has 2 aromatic carbocycles. The van der Waals surface area contributed by atoms with Crippen LogP contribution in [0.25, 0.3) is 11.0 Å². The van der Waals surface area contributed by atoms with Gasteiger partial charge in [-0.05, 0) is 43.2 Å². The van der Waals surface area contributed by atoms with Crippen LogP contribution in [-0.4, -0.2) is 53.2 Å². The molecule has 0 unspecified atom stereocenters. The molecule has 1 amide bonds. The highest BCUT2D eigenvalue weighted by Crippen LogP contribution is 2.17. The minimum atomic E-state index is -0.0419.